The van der Waals surface area contributed by atoms with Crippen LogP contribution in [0, 0.1) is 6.92 Å². The standard InChI is InChI=1S/C37H42N4O7/c1-18(2)23-15-21(16-30(39)40-23)24-13-20(14-29(38)41-24)9-10-28-37(48-28)11-7-6-8-22-31-27(47-36(4,5)34(22)46-35(37)44)17-26-32(33(31)43)25(42)12-19(3)45-26/h12-18,22,28,34,43H,6-11H2,1-5H3,(H2,38,41)(H2,39,40). The average Bonchev–Trinajstić information content (AvgIpc) is 3.70. The predicted molar refractivity (Wildman–Crippen MR) is 181 cm³/mol. The van der Waals surface area contributed by atoms with Crippen molar-refractivity contribution in [3.63, 3.8) is 0 Å². The summed E-state index contributed by atoms with van der Waals surface area (Å²) in [6.07, 6.45) is 2.82. The summed E-state index contributed by atoms with van der Waals surface area (Å²) in [5.41, 5.74) is 14.2. The van der Waals surface area contributed by atoms with E-state index >= 15 is 0 Å². The molecule has 0 saturated carbocycles. The lowest BCUT2D eigenvalue weighted by molar-refractivity contribution is -0.170. The molecule has 3 aromatic heterocycles. The molecule has 0 bridgehead atoms. The molecule has 4 aromatic rings. The summed E-state index contributed by atoms with van der Waals surface area (Å²) in [7, 11) is 0. The highest BCUT2D eigenvalue weighted by atomic mass is 16.7. The average molecular weight is 655 g/mol. The molecule has 3 aliphatic rings. The summed E-state index contributed by atoms with van der Waals surface area (Å²) >= 11 is 0. The Labute approximate surface area is 278 Å². The van der Waals surface area contributed by atoms with E-state index in [1.165, 1.54) is 6.07 Å². The molecule has 1 spiro atoms. The fourth-order valence-electron chi connectivity index (χ4n) is 7.55. The number of phenols is 1. The van der Waals surface area contributed by atoms with E-state index in [2.05, 4.69) is 23.8 Å². The molecular formula is C37H42N4O7. The number of nitrogens with two attached hydrogens (primary N) is 2. The van der Waals surface area contributed by atoms with Crippen LogP contribution in [0.15, 0.2) is 45.6 Å². The Hall–Kier alpha value is -4.64. The number of pyridine rings is 2. The van der Waals surface area contributed by atoms with Gasteiger partial charge in [0, 0.05) is 34.9 Å². The largest absolute Gasteiger partial charge is 0.507 e. The monoisotopic (exact) mass is 654 g/mol. The zero-order valence-electron chi connectivity index (χ0n) is 28.0. The fourth-order valence-corrected chi connectivity index (χ4v) is 7.55. The molecule has 6 heterocycles. The predicted octanol–water partition coefficient (Wildman–Crippen LogP) is 6.06. The number of carbonyl (C=O) groups excluding carboxylic acids is 1. The Morgan fingerprint density at radius 1 is 1.02 bits per heavy atom. The number of benzene rings is 1. The number of ether oxygens (including phenoxy) is 3. The minimum absolute atomic E-state index is 0.0994. The number of anilines is 2. The molecule has 3 aliphatic heterocycles. The minimum atomic E-state index is -1.05. The molecule has 7 rings (SSSR count). The number of aromatic hydroxyl groups is 1. The molecule has 4 atom stereocenters. The highest BCUT2D eigenvalue weighted by Gasteiger charge is 2.64. The first kappa shape index (κ1) is 31.9. The fraction of sp³-hybridized carbons (Fsp3) is 0.459. The van der Waals surface area contributed by atoms with Gasteiger partial charge in [-0.15, -0.1) is 0 Å². The Morgan fingerprint density at radius 2 is 1.79 bits per heavy atom. The van der Waals surface area contributed by atoms with Crippen LogP contribution in [-0.2, 0) is 20.7 Å². The van der Waals surface area contributed by atoms with E-state index in [0.717, 1.165) is 29.7 Å². The van der Waals surface area contributed by atoms with Crippen molar-refractivity contribution in [2.75, 3.05) is 11.5 Å². The summed E-state index contributed by atoms with van der Waals surface area (Å²) in [6, 6.07) is 10.6. The number of hydrogen-bond donors (Lipinski definition) is 3. The van der Waals surface area contributed by atoms with Gasteiger partial charge < -0.3 is 35.2 Å². The zero-order chi connectivity index (χ0) is 34.1. The number of esters is 1. The van der Waals surface area contributed by atoms with E-state index in [-0.39, 0.29) is 40.1 Å². The number of hydrogen-bond acceptors (Lipinski definition) is 11. The topological polar surface area (TPSA) is 176 Å². The third-order valence-electron chi connectivity index (χ3n) is 9.97. The molecule has 2 fully saturated rings. The van der Waals surface area contributed by atoms with Gasteiger partial charge in [0.15, 0.2) is 11.0 Å². The highest BCUT2D eigenvalue weighted by molar-refractivity contribution is 5.88. The van der Waals surface area contributed by atoms with Crippen LogP contribution < -0.4 is 21.6 Å². The number of aromatic nitrogens is 2. The van der Waals surface area contributed by atoms with Crippen molar-refractivity contribution in [2.24, 2.45) is 0 Å². The Kier molecular flexibility index (Phi) is 7.65. The summed E-state index contributed by atoms with van der Waals surface area (Å²) in [5.74, 6) is 0.894. The van der Waals surface area contributed by atoms with Crippen LogP contribution in [0.25, 0.3) is 22.2 Å². The third kappa shape index (κ3) is 5.53. The van der Waals surface area contributed by atoms with E-state index in [1.807, 2.05) is 32.0 Å². The first-order chi connectivity index (χ1) is 22.8. The molecule has 0 amide bonds. The number of phenolic OH excluding ortho intramolecular Hbond substituents is 1. The summed E-state index contributed by atoms with van der Waals surface area (Å²) < 4.78 is 24.7. The van der Waals surface area contributed by atoms with Gasteiger partial charge in [-0.3, -0.25) is 4.79 Å². The Balaban J connectivity index is 1.12. The second-order valence-electron chi connectivity index (χ2n) is 14.3. The quantitative estimate of drug-likeness (QED) is 0.168. The molecule has 11 nitrogen and oxygen atoms in total. The van der Waals surface area contributed by atoms with Crippen LogP contribution in [0.5, 0.6) is 11.5 Å². The van der Waals surface area contributed by atoms with Crippen LogP contribution >= 0.6 is 0 Å². The third-order valence-corrected chi connectivity index (χ3v) is 9.97. The van der Waals surface area contributed by atoms with Gasteiger partial charge in [-0.1, -0.05) is 20.3 Å². The van der Waals surface area contributed by atoms with Crippen LogP contribution in [0.1, 0.15) is 94.2 Å². The molecule has 0 radical (unpaired) electrons. The maximum Gasteiger partial charge on any atom is 0.341 e. The first-order valence-electron chi connectivity index (χ1n) is 16.7. The SMILES string of the molecule is Cc1cc(=O)c2c(O)c3c(cc2o1)OC(C)(C)C1OC(=O)C2(CCCCC31)OC2CCc1cc(N)nc(-c2cc(N)nc(C(C)C)c2)c1. The van der Waals surface area contributed by atoms with Gasteiger partial charge in [0.2, 0.25) is 0 Å². The molecule has 5 N–H and O–H groups in total. The van der Waals surface area contributed by atoms with Gasteiger partial charge in [0.05, 0.1) is 11.8 Å². The number of rotatable bonds is 5. The van der Waals surface area contributed by atoms with Crippen molar-refractivity contribution in [1.82, 2.24) is 9.97 Å². The van der Waals surface area contributed by atoms with Gasteiger partial charge >= 0.3 is 5.97 Å². The van der Waals surface area contributed by atoms with Crippen molar-refractivity contribution in [3.8, 4) is 22.8 Å². The van der Waals surface area contributed by atoms with Crippen molar-refractivity contribution in [1.29, 1.82) is 0 Å². The minimum Gasteiger partial charge on any atom is -0.507 e. The van der Waals surface area contributed by atoms with Crippen LogP contribution in [0.3, 0.4) is 0 Å². The number of aryl methyl sites for hydroxylation is 2. The Morgan fingerprint density at radius 3 is 2.56 bits per heavy atom. The summed E-state index contributed by atoms with van der Waals surface area (Å²) in [6.45, 7) is 9.55. The van der Waals surface area contributed by atoms with Gasteiger partial charge in [-0.25, -0.2) is 14.8 Å². The molecule has 252 valence electrons. The lowest BCUT2D eigenvalue weighted by Gasteiger charge is -2.44. The second kappa shape index (κ2) is 11.5. The maximum absolute atomic E-state index is 14.0. The van der Waals surface area contributed by atoms with Gasteiger partial charge in [0.1, 0.15) is 51.6 Å². The molecule has 2 saturated heterocycles. The number of epoxide rings is 1. The number of nitrogens with zero attached hydrogens (tertiary/aromatic N) is 2. The van der Waals surface area contributed by atoms with E-state index in [4.69, 9.17) is 30.1 Å². The van der Waals surface area contributed by atoms with E-state index in [1.54, 1.807) is 19.1 Å². The van der Waals surface area contributed by atoms with Crippen molar-refractivity contribution < 1.29 is 28.5 Å². The lowest BCUT2D eigenvalue weighted by Crippen LogP contribution is -2.52. The zero-order valence-corrected chi connectivity index (χ0v) is 28.0. The van der Waals surface area contributed by atoms with Crippen molar-refractivity contribution in [2.45, 2.75) is 108 Å². The first-order valence-corrected chi connectivity index (χ1v) is 16.7. The summed E-state index contributed by atoms with van der Waals surface area (Å²) in [5, 5.41) is 11.5. The van der Waals surface area contributed by atoms with Crippen molar-refractivity contribution >= 4 is 28.6 Å². The van der Waals surface area contributed by atoms with Gasteiger partial charge in [-0.05, 0) is 88.6 Å². The van der Waals surface area contributed by atoms with E-state index in [0.29, 0.717) is 60.1 Å². The van der Waals surface area contributed by atoms with Gasteiger partial charge in [-0.2, -0.15) is 0 Å². The van der Waals surface area contributed by atoms with E-state index in [9.17, 15) is 14.7 Å². The number of carbonyl (C=O) groups is 1. The maximum atomic E-state index is 14.0. The number of nitrogen functional groups attached to an aromatic ring is 2. The molecule has 11 heteroatoms. The molecule has 1 aromatic carbocycles. The molecule has 4 unspecified atom stereocenters. The molecule has 48 heavy (non-hydrogen) atoms. The van der Waals surface area contributed by atoms with Crippen LogP contribution in [-0.4, -0.2) is 44.5 Å². The normalized spacial score (nSPS) is 24.6. The van der Waals surface area contributed by atoms with Crippen LogP contribution in [0.4, 0.5) is 11.6 Å². The number of fused-ring (bicyclic) bond motifs is 4. The lowest BCUT2D eigenvalue weighted by atomic mass is 9.77. The van der Waals surface area contributed by atoms with Crippen LogP contribution in [0.2, 0.25) is 0 Å². The second-order valence-corrected chi connectivity index (χ2v) is 14.3. The van der Waals surface area contributed by atoms with E-state index < -0.39 is 23.3 Å². The van der Waals surface area contributed by atoms with Gasteiger partial charge in [0.25, 0.3) is 0 Å². The molecular weight excluding hydrogens is 612 g/mol. The summed E-state index contributed by atoms with van der Waals surface area (Å²) in [4.78, 5) is 35.9. The molecule has 0 aliphatic carbocycles. The highest BCUT2D eigenvalue weighted by Crippen LogP contribution is 2.53. The van der Waals surface area contributed by atoms with Crippen molar-refractivity contribution in [3.05, 3.63) is 69.2 Å². The Bertz CT molecular complexity index is 2000. The smallest absolute Gasteiger partial charge is 0.341 e.